The molecule has 0 bridgehead atoms. The molecule has 8 heteroatoms. The number of anilines is 1. The Morgan fingerprint density at radius 1 is 1.11 bits per heavy atom. The van der Waals surface area contributed by atoms with Gasteiger partial charge in [0, 0.05) is 35.6 Å². The summed E-state index contributed by atoms with van der Waals surface area (Å²) in [5.41, 5.74) is 3.69. The molecule has 1 fully saturated rings. The van der Waals surface area contributed by atoms with Crippen molar-refractivity contribution >= 4 is 39.2 Å². The van der Waals surface area contributed by atoms with Gasteiger partial charge in [0.15, 0.2) is 0 Å². The van der Waals surface area contributed by atoms with Crippen molar-refractivity contribution in [2.24, 2.45) is 0 Å². The summed E-state index contributed by atoms with van der Waals surface area (Å²) in [5.74, 6) is -0.557. The Bertz CT molecular complexity index is 1470. The molecule has 7 nitrogen and oxygen atoms in total. The largest absolute Gasteiger partial charge is 0.381 e. The maximum Gasteiger partial charge on any atom is 0.244 e. The fraction of sp³-hybridized carbons (Fsp3) is 0.276. The van der Waals surface area contributed by atoms with Gasteiger partial charge in [0.05, 0.1) is 22.9 Å². The molecule has 3 N–H and O–H groups in total. The van der Waals surface area contributed by atoms with Crippen molar-refractivity contribution in [3.8, 4) is 0 Å². The molecule has 1 saturated heterocycles. The molecule has 37 heavy (non-hydrogen) atoms. The second kappa shape index (κ2) is 10.9. The number of piperidine rings is 1. The number of amides is 1. The van der Waals surface area contributed by atoms with Crippen LogP contribution in [0.5, 0.6) is 0 Å². The van der Waals surface area contributed by atoms with Gasteiger partial charge in [0.1, 0.15) is 11.7 Å². The molecule has 0 spiro atoms. The van der Waals surface area contributed by atoms with Gasteiger partial charge in [-0.3, -0.25) is 15.2 Å². The third kappa shape index (κ3) is 6.03. The van der Waals surface area contributed by atoms with Crippen LogP contribution in [0.3, 0.4) is 0 Å². The second-order valence-electron chi connectivity index (χ2n) is 9.62. The number of rotatable bonds is 7. The number of aromatic nitrogens is 2. The molecule has 0 aliphatic carbocycles. The Morgan fingerprint density at radius 3 is 2.78 bits per heavy atom. The van der Waals surface area contributed by atoms with E-state index in [-0.39, 0.29) is 17.6 Å². The first-order valence-electron chi connectivity index (χ1n) is 12.6. The summed E-state index contributed by atoms with van der Waals surface area (Å²) in [6.45, 7) is 2.68. The lowest BCUT2D eigenvalue weighted by molar-refractivity contribution is -0.116. The number of allylic oxidation sites excluding steroid dienone is 1. The Balaban J connectivity index is 1.15. The summed E-state index contributed by atoms with van der Waals surface area (Å²) in [6.07, 6.45) is 9.28. The molecule has 2 aromatic carbocycles. The van der Waals surface area contributed by atoms with Gasteiger partial charge < -0.3 is 20.1 Å². The molecule has 1 aliphatic rings. The van der Waals surface area contributed by atoms with Gasteiger partial charge >= 0.3 is 0 Å². The van der Waals surface area contributed by atoms with Crippen LogP contribution in [-0.2, 0) is 11.2 Å². The summed E-state index contributed by atoms with van der Waals surface area (Å²) in [4.78, 5) is 19.3. The van der Waals surface area contributed by atoms with Crippen LogP contribution < -0.4 is 10.6 Å². The van der Waals surface area contributed by atoms with Crippen LogP contribution in [0.15, 0.2) is 73.1 Å². The minimum Gasteiger partial charge on any atom is -0.381 e. The number of benzene rings is 2. The van der Waals surface area contributed by atoms with Gasteiger partial charge in [-0.25, -0.2) is 4.39 Å². The maximum absolute atomic E-state index is 13.6. The van der Waals surface area contributed by atoms with Crippen molar-refractivity contribution < 1.29 is 9.18 Å². The lowest BCUT2D eigenvalue weighted by Crippen LogP contribution is -2.36. The van der Waals surface area contributed by atoms with Crippen molar-refractivity contribution in [1.82, 2.24) is 19.8 Å². The van der Waals surface area contributed by atoms with Crippen molar-refractivity contribution in [1.29, 1.82) is 5.41 Å². The zero-order chi connectivity index (χ0) is 25.8. The van der Waals surface area contributed by atoms with Crippen LogP contribution in [-0.4, -0.2) is 58.9 Å². The molecule has 2 aromatic heterocycles. The standard InChI is InChI=1S/C29H31FN6O/c1-35-13-10-24(11-14-35)34-25-17-22-16-20(2-5-26(22)33-19-25)8-12-32-29(37)7-6-28(31)36-15-9-21-3-4-23(30)18-27(21)36/h2-7,9,15-19,24,31,34H,8,10-14H2,1H3,(H,32,37)/b7-6-,31-28?. The SMILES string of the molecule is CN1CCC(Nc2cnc3ccc(CCNC(=O)/C=C\C(=N)n4ccc5ccc(F)cc54)cc3c2)CC1. The van der Waals surface area contributed by atoms with Gasteiger partial charge in [-0.15, -0.1) is 0 Å². The van der Waals surface area contributed by atoms with E-state index in [9.17, 15) is 9.18 Å². The van der Waals surface area contributed by atoms with Crippen molar-refractivity contribution in [3.05, 3.63) is 84.5 Å². The van der Waals surface area contributed by atoms with Crippen LogP contribution in [0.1, 0.15) is 18.4 Å². The van der Waals surface area contributed by atoms with Gasteiger partial charge in [-0.05, 0) is 93.5 Å². The molecular formula is C29H31FN6O. The minimum atomic E-state index is -0.365. The quantitative estimate of drug-likeness (QED) is 0.198. The molecule has 0 unspecified atom stereocenters. The van der Waals surface area contributed by atoms with E-state index in [1.165, 1.54) is 24.3 Å². The molecule has 1 aliphatic heterocycles. The highest BCUT2D eigenvalue weighted by Gasteiger charge is 2.16. The van der Waals surface area contributed by atoms with Crippen LogP contribution in [0.2, 0.25) is 0 Å². The number of pyridine rings is 1. The van der Waals surface area contributed by atoms with E-state index >= 15 is 0 Å². The topological polar surface area (TPSA) is 86.0 Å². The number of nitrogens with zero attached hydrogens (tertiary/aromatic N) is 3. The lowest BCUT2D eigenvalue weighted by atomic mass is 10.0. The second-order valence-corrected chi connectivity index (χ2v) is 9.62. The van der Waals surface area contributed by atoms with Crippen LogP contribution in [0.25, 0.3) is 21.8 Å². The van der Waals surface area contributed by atoms with E-state index in [4.69, 9.17) is 5.41 Å². The van der Waals surface area contributed by atoms with E-state index in [2.05, 4.69) is 39.7 Å². The first kappa shape index (κ1) is 24.6. The Labute approximate surface area is 215 Å². The van der Waals surface area contributed by atoms with Crippen LogP contribution >= 0.6 is 0 Å². The summed E-state index contributed by atoms with van der Waals surface area (Å²) < 4.78 is 15.1. The first-order chi connectivity index (χ1) is 17.9. The van der Waals surface area contributed by atoms with Gasteiger partial charge in [-0.1, -0.05) is 6.07 Å². The average molecular weight is 499 g/mol. The van der Waals surface area contributed by atoms with Crippen molar-refractivity contribution in [2.75, 3.05) is 32.0 Å². The predicted octanol–water partition coefficient (Wildman–Crippen LogP) is 4.58. The van der Waals surface area contributed by atoms with Gasteiger partial charge in [0.2, 0.25) is 5.91 Å². The Kier molecular flexibility index (Phi) is 7.28. The molecule has 0 atom stereocenters. The Morgan fingerprint density at radius 2 is 1.95 bits per heavy atom. The van der Waals surface area contributed by atoms with E-state index in [1.807, 2.05) is 24.4 Å². The number of halogens is 1. The molecular weight excluding hydrogens is 467 g/mol. The third-order valence-electron chi connectivity index (χ3n) is 6.86. The number of hydrogen-bond acceptors (Lipinski definition) is 5. The monoisotopic (exact) mass is 498 g/mol. The Hall–Kier alpha value is -4.04. The summed E-state index contributed by atoms with van der Waals surface area (Å²) in [6, 6.07) is 15.0. The smallest absolute Gasteiger partial charge is 0.244 e. The fourth-order valence-electron chi connectivity index (χ4n) is 4.74. The van der Waals surface area contributed by atoms with E-state index in [0.717, 1.165) is 53.5 Å². The molecule has 190 valence electrons. The molecule has 5 rings (SSSR count). The number of carbonyl (C=O) groups is 1. The highest BCUT2D eigenvalue weighted by Crippen LogP contribution is 2.21. The summed E-state index contributed by atoms with van der Waals surface area (Å²) in [7, 11) is 2.16. The van der Waals surface area contributed by atoms with Crippen LogP contribution in [0.4, 0.5) is 10.1 Å². The fourth-order valence-corrected chi connectivity index (χ4v) is 4.74. The average Bonchev–Trinajstić information content (AvgIpc) is 3.31. The normalized spacial score (nSPS) is 15.0. The molecule has 0 radical (unpaired) electrons. The van der Waals surface area contributed by atoms with Crippen molar-refractivity contribution in [2.45, 2.75) is 25.3 Å². The van der Waals surface area contributed by atoms with E-state index in [0.29, 0.717) is 24.5 Å². The van der Waals surface area contributed by atoms with Gasteiger partial charge in [-0.2, -0.15) is 0 Å². The highest BCUT2D eigenvalue weighted by atomic mass is 19.1. The molecule has 4 aromatic rings. The molecule has 0 saturated carbocycles. The number of hydrogen-bond donors (Lipinski definition) is 3. The third-order valence-corrected chi connectivity index (χ3v) is 6.86. The van der Waals surface area contributed by atoms with E-state index < -0.39 is 0 Å². The summed E-state index contributed by atoms with van der Waals surface area (Å²) >= 11 is 0. The maximum atomic E-state index is 13.6. The number of likely N-dealkylation sites (tertiary alicyclic amines) is 1. The zero-order valence-electron chi connectivity index (χ0n) is 20.9. The minimum absolute atomic E-state index is 0.0856. The first-order valence-corrected chi connectivity index (χ1v) is 12.6. The summed E-state index contributed by atoms with van der Waals surface area (Å²) in [5, 5.41) is 16.7. The van der Waals surface area contributed by atoms with Crippen LogP contribution in [0, 0.1) is 11.2 Å². The molecule has 1 amide bonds. The number of nitrogens with one attached hydrogen (secondary N) is 3. The number of carbonyl (C=O) groups excluding carboxylic acids is 1. The highest BCUT2D eigenvalue weighted by molar-refractivity contribution is 6.03. The zero-order valence-corrected chi connectivity index (χ0v) is 20.9. The van der Waals surface area contributed by atoms with Crippen molar-refractivity contribution in [3.63, 3.8) is 0 Å². The lowest BCUT2D eigenvalue weighted by Gasteiger charge is -2.30. The predicted molar refractivity (Wildman–Crippen MR) is 147 cm³/mol. The number of fused-ring (bicyclic) bond motifs is 2. The molecule has 3 heterocycles. The van der Waals surface area contributed by atoms with Gasteiger partial charge in [0.25, 0.3) is 0 Å². The van der Waals surface area contributed by atoms with E-state index in [1.54, 1.807) is 16.8 Å².